The second-order valence-corrected chi connectivity index (χ2v) is 8.70. The highest BCUT2D eigenvalue weighted by Crippen LogP contribution is 2.28. The average molecular weight is 481 g/mol. The fourth-order valence-corrected chi connectivity index (χ4v) is 4.34. The summed E-state index contributed by atoms with van der Waals surface area (Å²) in [6.07, 6.45) is 0.958. The van der Waals surface area contributed by atoms with Crippen molar-refractivity contribution in [2.24, 2.45) is 5.92 Å². The molecule has 0 unspecified atom stereocenters. The Kier molecular flexibility index (Phi) is 8.33. The minimum absolute atomic E-state index is 0.110. The SMILES string of the molecule is COc1ccc(N2C[C@H](C(=O)Nc3ccccc3C(=O)NCCCN3CCOCC3)CC2=O)cc1. The summed E-state index contributed by atoms with van der Waals surface area (Å²) < 4.78 is 10.5. The average Bonchev–Trinajstić information content (AvgIpc) is 3.29. The summed E-state index contributed by atoms with van der Waals surface area (Å²) in [4.78, 5) is 42.3. The van der Waals surface area contributed by atoms with Gasteiger partial charge in [0.2, 0.25) is 11.8 Å². The molecule has 2 aromatic rings. The van der Waals surface area contributed by atoms with E-state index in [9.17, 15) is 14.4 Å². The predicted molar refractivity (Wildman–Crippen MR) is 133 cm³/mol. The Morgan fingerprint density at radius 3 is 2.57 bits per heavy atom. The number of nitrogens with zero attached hydrogens (tertiary/aromatic N) is 2. The van der Waals surface area contributed by atoms with Crippen LogP contribution in [0.5, 0.6) is 5.75 Å². The molecule has 2 saturated heterocycles. The zero-order chi connectivity index (χ0) is 24.6. The van der Waals surface area contributed by atoms with E-state index < -0.39 is 5.92 Å². The molecule has 0 radical (unpaired) electrons. The van der Waals surface area contributed by atoms with Gasteiger partial charge >= 0.3 is 0 Å². The third-order valence-corrected chi connectivity index (χ3v) is 6.35. The maximum Gasteiger partial charge on any atom is 0.253 e. The summed E-state index contributed by atoms with van der Waals surface area (Å²) in [7, 11) is 1.58. The molecule has 35 heavy (non-hydrogen) atoms. The molecule has 0 bridgehead atoms. The van der Waals surface area contributed by atoms with Gasteiger partial charge in [-0.1, -0.05) is 12.1 Å². The molecular weight excluding hydrogens is 448 g/mol. The van der Waals surface area contributed by atoms with E-state index >= 15 is 0 Å². The normalized spacial score (nSPS) is 18.4. The molecule has 0 spiro atoms. The Morgan fingerprint density at radius 1 is 1.09 bits per heavy atom. The minimum Gasteiger partial charge on any atom is -0.497 e. The quantitative estimate of drug-likeness (QED) is 0.534. The van der Waals surface area contributed by atoms with Crippen LogP contribution in [0.25, 0.3) is 0 Å². The molecule has 0 saturated carbocycles. The zero-order valence-corrected chi connectivity index (χ0v) is 20.0. The highest BCUT2D eigenvalue weighted by molar-refractivity contribution is 6.07. The number of anilines is 2. The van der Waals surface area contributed by atoms with Gasteiger partial charge in [-0.15, -0.1) is 0 Å². The summed E-state index contributed by atoms with van der Waals surface area (Å²) in [6, 6.07) is 14.1. The second-order valence-electron chi connectivity index (χ2n) is 8.70. The van der Waals surface area contributed by atoms with Crippen LogP contribution in [0.15, 0.2) is 48.5 Å². The Bertz CT molecular complexity index is 1040. The van der Waals surface area contributed by atoms with Crippen LogP contribution in [0.1, 0.15) is 23.2 Å². The predicted octanol–water partition coefficient (Wildman–Crippen LogP) is 2.14. The number of carbonyl (C=O) groups excluding carboxylic acids is 3. The lowest BCUT2D eigenvalue weighted by molar-refractivity contribution is -0.122. The van der Waals surface area contributed by atoms with Crippen molar-refractivity contribution in [2.45, 2.75) is 12.8 Å². The summed E-state index contributed by atoms with van der Waals surface area (Å²) in [5.74, 6) is -0.423. The molecule has 4 rings (SSSR count). The summed E-state index contributed by atoms with van der Waals surface area (Å²) in [6.45, 7) is 5.08. The molecule has 2 aromatic carbocycles. The lowest BCUT2D eigenvalue weighted by atomic mass is 10.1. The van der Waals surface area contributed by atoms with Gasteiger partial charge in [-0.3, -0.25) is 19.3 Å². The fraction of sp³-hybridized carbons (Fsp3) is 0.423. The van der Waals surface area contributed by atoms with Gasteiger partial charge in [0.1, 0.15) is 5.75 Å². The van der Waals surface area contributed by atoms with E-state index in [0.29, 0.717) is 23.5 Å². The number of carbonyl (C=O) groups is 3. The van der Waals surface area contributed by atoms with Gasteiger partial charge in [0.25, 0.3) is 5.91 Å². The molecular formula is C26H32N4O5. The molecule has 3 amide bonds. The first-order valence-corrected chi connectivity index (χ1v) is 12.0. The molecule has 2 heterocycles. The van der Waals surface area contributed by atoms with Gasteiger partial charge in [-0.2, -0.15) is 0 Å². The van der Waals surface area contributed by atoms with Gasteiger partial charge < -0.3 is 25.0 Å². The molecule has 1 atom stereocenters. The summed E-state index contributed by atoms with van der Waals surface area (Å²) in [5.41, 5.74) is 1.57. The van der Waals surface area contributed by atoms with Gasteiger partial charge in [0.05, 0.1) is 37.5 Å². The number of hydrogen-bond acceptors (Lipinski definition) is 6. The standard InChI is InChI=1S/C26H32N4O5/c1-34-21-9-7-20(8-10-21)30-18-19(17-24(30)31)25(32)28-23-6-3-2-5-22(23)26(33)27-11-4-12-29-13-15-35-16-14-29/h2-3,5-10,19H,4,11-18H2,1H3,(H,27,33)(H,28,32)/t19-/m1/s1. The van der Waals surface area contributed by atoms with Crippen molar-refractivity contribution in [3.05, 3.63) is 54.1 Å². The minimum atomic E-state index is -0.505. The second kappa shape index (κ2) is 11.8. The highest BCUT2D eigenvalue weighted by atomic mass is 16.5. The van der Waals surface area contributed by atoms with Crippen molar-refractivity contribution in [1.82, 2.24) is 10.2 Å². The first-order chi connectivity index (χ1) is 17.0. The van der Waals surface area contributed by atoms with E-state index in [0.717, 1.165) is 45.0 Å². The number of amides is 3. The van der Waals surface area contributed by atoms with Crippen LogP contribution in [0.3, 0.4) is 0 Å². The Hall–Kier alpha value is -3.43. The van der Waals surface area contributed by atoms with Crippen LogP contribution >= 0.6 is 0 Å². The van der Waals surface area contributed by atoms with Crippen LogP contribution in [0.2, 0.25) is 0 Å². The number of morpholine rings is 1. The lowest BCUT2D eigenvalue weighted by Crippen LogP contribution is -2.38. The van der Waals surface area contributed by atoms with Crippen LogP contribution in [-0.2, 0) is 14.3 Å². The number of para-hydroxylation sites is 1. The molecule has 9 heteroatoms. The third-order valence-electron chi connectivity index (χ3n) is 6.35. The first-order valence-electron chi connectivity index (χ1n) is 12.0. The Morgan fingerprint density at radius 2 is 1.83 bits per heavy atom. The van der Waals surface area contributed by atoms with Crippen molar-refractivity contribution in [3.8, 4) is 5.75 Å². The van der Waals surface area contributed by atoms with Crippen LogP contribution in [0, 0.1) is 5.92 Å². The molecule has 2 fully saturated rings. The van der Waals surface area contributed by atoms with Gasteiger partial charge in [-0.05, 0) is 49.4 Å². The smallest absolute Gasteiger partial charge is 0.253 e. The van der Waals surface area contributed by atoms with Crippen LogP contribution in [0.4, 0.5) is 11.4 Å². The van der Waals surface area contributed by atoms with E-state index in [1.165, 1.54) is 0 Å². The number of nitrogens with one attached hydrogen (secondary N) is 2. The largest absolute Gasteiger partial charge is 0.497 e. The van der Waals surface area contributed by atoms with Gasteiger partial charge in [0, 0.05) is 38.3 Å². The topological polar surface area (TPSA) is 100 Å². The van der Waals surface area contributed by atoms with Crippen molar-refractivity contribution in [1.29, 1.82) is 0 Å². The van der Waals surface area contributed by atoms with Crippen molar-refractivity contribution in [2.75, 3.05) is 63.3 Å². The van der Waals surface area contributed by atoms with Crippen molar-refractivity contribution >= 4 is 29.1 Å². The van der Waals surface area contributed by atoms with Gasteiger partial charge in [-0.25, -0.2) is 0 Å². The van der Waals surface area contributed by atoms with Gasteiger partial charge in [0.15, 0.2) is 0 Å². The zero-order valence-electron chi connectivity index (χ0n) is 20.0. The number of hydrogen-bond donors (Lipinski definition) is 2. The first kappa shape index (κ1) is 24.7. The molecule has 0 aliphatic carbocycles. The monoisotopic (exact) mass is 480 g/mol. The molecule has 9 nitrogen and oxygen atoms in total. The molecule has 2 N–H and O–H groups in total. The van der Waals surface area contributed by atoms with E-state index in [2.05, 4.69) is 15.5 Å². The van der Waals surface area contributed by atoms with Crippen LogP contribution < -0.4 is 20.3 Å². The number of rotatable bonds is 9. The maximum atomic E-state index is 13.0. The Balaban J connectivity index is 1.31. The highest BCUT2D eigenvalue weighted by Gasteiger charge is 2.35. The fourth-order valence-electron chi connectivity index (χ4n) is 4.34. The van der Waals surface area contributed by atoms with E-state index in [1.807, 2.05) is 0 Å². The summed E-state index contributed by atoms with van der Waals surface area (Å²) >= 11 is 0. The molecule has 2 aliphatic heterocycles. The van der Waals surface area contributed by atoms with E-state index in [1.54, 1.807) is 60.5 Å². The van der Waals surface area contributed by atoms with E-state index in [-0.39, 0.29) is 30.7 Å². The van der Waals surface area contributed by atoms with Crippen molar-refractivity contribution in [3.63, 3.8) is 0 Å². The number of methoxy groups -OCH3 is 1. The van der Waals surface area contributed by atoms with E-state index in [4.69, 9.17) is 9.47 Å². The maximum absolute atomic E-state index is 13.0. The van der Waals surface area contributed by atoms with Crippen LogP contribution in [-0.4, -0.2) is 75.7 Å². The Labute approximate surface area is 205 Å². The molecule has 0 aromatic heterocycles. The summed E-state index contributed by atoms with van der Waals surface area (Å²) in [5, 5.41) is 5.81. The third kappa shape index (κ3) is 6.37. The van der Waals surface area contributed by atoms with Crippen molar-refractivity contribution < 1.29 is 23.9 Å². The lowest BCUT2D eigenvalue weighted by Gasteiger charge is -2.26. The molecule has 2 aliphatic rings. The molecule has 186 valence electrons. The number of benzene rings is 2. The number of ether oxygens (including phenoxy) is 2.